The highest BCUT2D eigenvalue weighted by molar-refractivity contribution is 5.80. The highest BCUT2D eigenvalue weighted by atomic mass is 16.3. The van der Waals surface area contributed by atoms with E-state index in [0.717, 1.165) is 5.56 Å². The molecule has 2 heterocycles. The van der Waals surface area contributed by atoms with Crippen molar-refractivity contribution in [3.63, 3.8) is 0 Å². The van der Waals surface area contributed by atoms with E-state index in [2.05, 4.69) is 15.3 Å². The van der Waals surface area contributed by atoms with Gasteiger partial charge < -0.3 is 21.3 Å². The minimum atomic E-state index is -1.70. The van der Waals surface area contributed by atoms with E-state index >= 15 is 0 Å². The molecule has 2 aromatic heterocycles. The Bertz CT molecular complexity index is 1200. The highest BCUT2D eigenvalue weighted by Gasteiger charge is 2.44. The van der Waals surface area contributed by atoms with Gasteiger partial charge >= 0.3 is 0 Å². The smallest absolute Gasteiger partial charge is 0.226 e. The molecule has 4 rings (SSSR count). The predicted molar refractivity (Wildman–Crippen MR) is 142 cm³/mol. The first-order chi connectivity index (χ1) is 18.0. The number of carbonyl (C=O) groups is 1. The number of carbonyl (C=O) groups excluding carboxylic acids is 1. The minimum Gasteiger partial charge on any atom is -0.391 e. The zero-order chi connectivity index (χ0) is 26.1. The van der Waals surface area contributed by atoms with Crippen molar-refractivity contribution in [2.75, 3.05) is 6.54 Å². The zero-order valence-electron chi connectivity index (χ0n) is 20.5. The van der Waals surface area contributed by atoms with Crippen molar-refractivity contribution in [2.45, 2.75) is 30.6 Å². The number of aliphatic hydroxyl groups is 2. The molecule has 0 aliphatic rings. The predicted octanol–water partition coefficient (Wildman–Crippen LogP) is 3.14. The van der Waals surface area contributed by atoms with Crippen LogP contribution >= 0.6 is 0 Å². The van der Waals surface area contributed by atoms with Crippen LogP contribution in [0.15, 0.2) is 110 Å². The van der Waals surface area contributed by atoms with E-state index in [-0.39, 0.29) is 6.54 Å². The van der Waals surface area contributed by atoms with E-state index in [9.17, 15) is 15.0 Å². The van der Waals surface area contributed by atoms with Gasteiger partial charge in [-0.25, -0.2) is 0 Å². The summed E-state index contributed by atoms with van der Waals surface area (Å²) in [7, 11) is 0. The number of hydrogen-bond donors (Lipinski definition) is 4. The van der Waals surface area contributed by atoms with Crippen molar-refractivity contribution in [1.82, 2.24) is 15.3 Å². The molecule has 1 unspecified atom stereocenters. The molecule has 2 aromatic carbocycles. The molecule has 0 saturated heterocycles. The first-order valence-electron chi connectivity index (χ1n) is 12.3. The maximum absolute atomic E-state index is 13.8. The van der Waals surface area contributed by atoms with Crippen LogP contribution in [-0.4, -0.2) is 38.7 Å². The summed E-state index contributed by atoms with van der Waals surface area (Å²) >= 11 is 0. The van der Waals surface area contributed by atoms with Crippen LogP contribution in [-0.2, 0) is 16.8 Å². The van der Waals surface area contributed by atoms with Crippen LogP contribution in [0.1, 0.15) is 34.7 Å². The summed E-state index contributed by atoms with van der Waals surface area (Å²) in [4.78, 5) is 22.2. The molecule has 0 aliphatic heterocycles. The van der Waals surface area contributed by atoms with Crippen molar-refractivity contribution in [2.24, 2.45) is 11.7 Å². The monoisotopic (exact) mass is 496 g/mol. The van der Waals surface area contributed by atoms with E-state index in [0.29, 0.717) is 29.5 Å². The van der Waals surface area contributed by atoms with E-state index in [1.807, 2.05) is 60.7 Å². The van der Waals surface area contributed by atoms with Gasteiger partial charge in [0.1, 0.15) is 5.60 Å². The van der Waals surface area contributed by atoms with Crippen LogP contribution in [0.4, 0.5) is 0 Å². The fourth-order valence-electron chi connectivity index (χ4n) is 4.63. The average molecular weight is 497 g/mol. The number of aryl methyl sites for hydroxylation is 1. The summed E-state index contributed by atoms with van der Waals surface area (Å²) in [5, 5.41) is 26.2. The van der Waals surface area contributed by atoms with Crippen molar-refractivity contribution in [3.05, 3.63) is 132 Å². The molecular weight excluding hydrogens is 464 g/mol. The number of rotatable bonds is 11. The van der Waals surface area contributed by atoms with Gasteiger partial charge in [-0.15, -0.1) is 0 Å². The molecule has 4 aromatic rings. The second-order valence-corrected chi connectivity index (χ2v) is 9.04. The van der Waals surface area contributed by atoms with Gasteiger partial charge in [0.05, 0.1) is 18.1 Å². The quantitative estimate of drug-likeness (QED) is 0.253. The molecule has 0 fully saturated rings. The molecule has 7 nitrogen and oxygen atoms in total. The molecule has 1 amide bonds. The molecule has 5 N–H and O–H groups in total. The Hall–Kier alpha value is -3.91. The topological polar surface area (TPSA) is 121 Å². The number of hydrogen-bond acceptors (Lipinski definition) is 6. The van der Waals surface area contributed by atoms with E-state index in [4.69, 9.17) is 5.73 Å². The first-order valence-corrected chi connectivity index (χ1v) is 12.3. The molecule has 190 valence electrons. The third kappa shape index (κ3) is 6.09. The molecule has 37 heavy (non-hydrogen) atoms. The van der Waals surface area contributed by atoms with Crippen LogP contribution in [0.25, 0.3) is 0 Å². The third-order valence-corrected chi connectivity index (χ3v) is 6.67. The Kier molecular flexibility index (Phi) is 8.74. The van der Waals surface area contributed by atoms with Crippen LogP contribution in [0.5, 0.6) is 0 Å². The van der Waals surface area contributed by atoms with Gasteiger partial charge in [0.2, 0.25) is 5.91 Å². The van der Waals surface area contributed by atoms with Gasteiger partial charge in [0.25, 0.3) is 0 Å². The van der Waals surface area contributed by atoms with Gasteiger partial charge in [0.15, 0.2) is 0 Å². The summed E-state index contributed by atoms with van der Waals surface area (Å²) in [5.41, 5.74) is 6.84. The second kappa shape index (κ2) is 12.4. The number of aromatic nitrogens is 2. The van der Waals surface area contributed by atoms with E-state index in [1.165, 1.54) is 0 Å². The lowest BCUT2D eigenvalue weighted by Crippen LogP contribution is -2.49. The van der Waals surface area contributed by atoms with Crippen molar-refractivity contribution in [3.8, 4) is 0 Å². The number of pyridine rings is 2. The Morgan fingerprint density at radius 1 is 0.865 bits per heavy atom. The summed E-state index contributed by atoms with van der Waals surface area (Å²) < 4.78 is 0. The normalized spacial score (nSPS) is 13.9. The summed E-state index contributed by atoms with van der Waals surface area (Å²) in [6, 6.07) is 25.2. The standard InChI is InChI=1S/C30H32N4O3/c31-19-27(35)26(16-15-22-9-3-1-4-10-22)29(36)34-28(23-11-5-2-6-12-23)30(37,24-13-7-17-32-20-24)25-14-8-18-33-21-25/h1-14,17-18,20-21,26-28,35,37H,15-16,19,31H2,(H,34,36)/t26-,27?,28-/m1/s1. The molecule has 0 spiro atoms. The fraction of sp³-hybridized carbons (Fsp3) is 0.233. The lowest BCUT2D eigenvalue weighted by atomic mass is 9.78. The van der Waals surface area contributed by atoms with Crippen LogP contribution < -0.4 is 11.1 Å². The van der Waals surface area contributed by atoms with Gasteiger partial charge in [-0.1, -0.05) is 72.8 Å². The zero-order valence-corrected chi connectivity index (χ0v) is 20.5. The highest BCUT2D eigenvalue weighted by Crippen LogP contribution is 2.41. The van der Waals surface area contributed by atoms with Gasteiger partial charge in [-0.3, -0.25) is 14.8 Å². The third-order valence-electron chi connectivity index (χ3n) is 6.67. The molecule has 0 bridgehead atoms. The van der Waals surface area contributed by atoms with Gasteiger partial charge in [0, 0.05) is 42.5 Å². The Labute approximate surface area is 217 Å². The van der Waals surface area contributed by atoms with Crippen molar-refractivity contribution >= 4 is 5.91 Å². The van der Waals surface area contributed by atoms with Crippen molar-refractivity contribution in [1.29, 1.82) is 0 Å². The minimum absolute atomic E-state index is 0.0572. The summed E-state index contributed by atoms with van der Waals surface area (Å²) in [6.07, 6.45) is 6.37. The fourth-order valence-corrected chi connectivity index (χ4v) is 4.63. The molecule has 0 saturated carbocycles. The average Bonchev–Trinajstić information content (AvgIpc) is 2.97. The van der Waals surface area contributed by atoms with E-state index in [1.54, 1.807) is 49.1 Å². The Morgan fingerprint density at radius 2 is 1.43 bits per heavy atom. The summed E-state index contributed by atoms with van der Waals surface area (Å²) in [6.45, 7) is -0.0572. The van der Waals surface area contributed by atoms with Crippen LogP contribution in [0.2, 0.25) is 0 Å². The maximum Gasteiger partial charge on any atom is 0.226 e. The molecule has 0 aliphatic carbocycles. The first kappa shape index (κ1) is 26.2. The largest absolute Gasteiger partial charge is 0.391 e. The van der Waals surface area contributed by atoms with Crippen LogP contribution in [0, 0.1) is 5.92 Å². The number of nitrogens with two attached hydrogens (primary N) is 1. The Morgan fingerprint density at radius 3 is 1.95 bits per heavy atom. The van der Waals surface area contributed by atoms with Gasteiger partial charge in [-0.2, -0.15) is 0 Å². The van der Waals surface area contributed by atoms with E-state index < -0.39 is 29.6 Å². The molecule has 0 radical (unpaired) electrons. The lowest BCUT2D eigenvalue weighted by Gasteiger charge is -2.38. The molecule has 3 atom stereocenters. The number of amides is 1. The number of aliphatic hydroxyl groups excluding tert-OH is 1. The SMILES string of the molecule is NCC(O)[C@@H](CCc1ccccc1)C(=O)N[C@H](c1ccccc1)C(O)(c1cccnc1)c1cccnc1. The second-order valence-electron chi connectivity index (χ2n) is 9.04. The Balaban J connectivity index is 1.74. The molecule has 7 heteroatoms. The number of benzene rings is 2. The van der Waals surface area contributed by atoms with Gasteiger partial charge in [-0.05, 0) is 36.1 Å². The lowest BCUT2D eigenvalue weighted by molar-refractivity contribution is -0.131. The number of nitrogens with one attached hydrogen (secondary N) is 1. The van der Waals surface area contributed by atoms with Crippen molar-refractivity contribution < 1.29 is 15.0 Å². The van der Waals surface area contributed by atoms with Crippen LogP contribution in [0.3, 0.4) is 0 Å². The maximum atomic E-state index is 13.8. The summed E-state index contributed by atoms with van der Waals surface area (Å²) in [5.74, 6) is -1.17. The molecular formula is C30H32N4O3. The number of nitrogens with zero attached hydrogens (tertiary/aromatic N) is 2.